The molecule has 3 fully saturated rings. The van der Waals surface area contributed by atoms with E-state index in [-0.39, 0.29) is 30.5 Å². The van der Waals surface area contributed by atoms with Crippen LogP contribution in [-0.4, -0.2) is 72.7 Å². The van der Waals surface area contributed by atoms with Crippen molar-refractivity contribution in [3.8, 4) is 0 Å². The van der Waals surface area contributed by atoms with Gasteiger partial charge >= 0.3 is 12.1 Å². The van der Waals surface area contributed by atoms with E-state index in [0.29, 0.717) is 26.1 Å². The number of piperidine rings is 1. The lowest BCUT2D eigenvalue weighted by Crippen LogP contribution is -2.57. The smallest absolute Gasteiger partial charge is 0.410 e. The second kappa shape index (κ2) is 7.79. The van der Waals surface area contributed by atoms with Gasteiger partial charge in [0.2, 0.25) is 0 Å². The van der Waals surface area contributed by atoms with E-state index in [4.69, 9.17) is 4.74 Å². The lowest BCUT2D eigenvalue weighted by atomic mass is 9.74. The number of carbonyl (C=O) groups is 3. The van der Waals surface area contributed by atoms with Crippen LogP contribution in [0.4, 0.5) is 9.59 Å². The lowest BCUT2D eigenvalue weighted by molar-refractivity contribution is -0.133. The van der Waals surface area contributed by atoms with Gasteiger partial charge in [-0.25, -0.2) is 9.59 Å². The maximum absolute atomic E-state index is 13.5. The summed E-state index contributed by atoms with van der Waals surface area (Å²) in [5, 5.41) is 6.38. The lowest BCUT2D eigenvalue weighted by Gasteiger charge is -2.38. The molecule has 3 saturated heterocycles. The van der Waals surface area contributed by atoms with Gasteiger partial charge in [0.1, 0.15) is 12.1 Å². The molecule has 4 rings (SSSR count). The monoisotopic (exact) mass is 386 g/mol. The van der Waals surface area contributed by atoms with E-state index in [1.54, 1.807) is 0 Å². The van der Waals surface area contributed by atoms with Gasteiger partial charge < -0.3 is 20.3 Å². The second-order valence-electron chi connectivity index (χ2n) is 7.65. The molecule has 3 heterocycles. The standard InChI is InChI=1S/C20H26N4O4/c25-17-20(16-6-8-21-9-7-16,14-15-4-2-1-3-5-15)22-18(26)24(17)11-10-23-12-13-28-19(23)27/h1-5,16,21H,6-14H2,(H,22,26). The number of rotatable bonds is 6. The summed E-state index contributed by atoms with van der Waals surface area (Å²) in [6.07, 6.45) is 1.77. The fraction of sp³-hybridized carbons (Fsp3) is 0.550. The molecule has 1 aromatic rings. The quantitative estimate of drug-likeness (QED) is 0.711. The van der Waals surface area contributed by atoms with Crippen molar-refractivity contribution in [1.82, 2.24) is 20.4 Å². The predicted octanol–water partition coefficient (Wildman–Crippen LogP) is 0.971. The topological polar surface area (TPSA) is 91.0 Å². The number of benzene rings is 1. The van der Waals surface area contributed by atoms with Gasteiger partial charge in [-0.05, 0) is 37.4 Å². The summed E-state index contributed by atoms with van der Waals surface area (Å²) in [5.41, 5.74) is 0.103. The molecule has 1 atom stereocenters. The third kappa shape index (κ3) is 3.44. The van der Waals surface area contributed by atoms with Crippen molar-refractivity contribution < 1.29 is 19.1 Å². The van der Waals surface area contributed by atoms with Crippen molar-refractivity contribution in [3.63, 3.8) is 0 Å². The zero-order chi connectivity index (χ0) is 19.6. The first-order chi connectivity index (χ1) is 13.6. The van der Waals surface area contributed by atoms with Crippen molar-refractivity contribution in [2.45, 2.75) is 24.8 Å². The molecule has 1 aromatic carbocycles. The van der Waals surface area contributed by atoms with Gasteiger partial charge in [0.25, 0.3) is 5.91 Å². The Kier molecular flexibility index (Phi) is 5.21. The molecule has 8 heteroatoms. The fourth-order valence-corrected chi connectivity index (χ4v) is 4.47. The molecule has 8 nitrogen and oxygen atoms in total. The Morgan fingerprint density at radius 2 is 1.82 bits per heavy atom. The summed E-state index contributed by atoms with van der Waals surface area (Å²) in [7, 11) is 0. The SMILES string of the molecule is O=C1OCCN1CCN1C(=O)NC(Cc2ccccc2)(C2CCNCC2)C1=O. The van der Waals surface area contributed by atoms with Gasteiger partial charge in [0, 0.05) is 19.5 Å². The third-order valence-electron chi connectivity index (χ3n) is 6.00. The minimum absolute atomic E-state index is 0.0761. The first-order valence-corrected chi connectivity index (χ1v) is 9.90. The number of nitrogens with zero attached hydrogens (tertiary/aromatic N) is 2. The van der Waals surface area contributed by atoms with Crippen molar-refractivity contribution in [3.05, 3.63) is 35.9 Å². The molecule has 0 saturated carbocycles. The van der Waals surface area contributed by atoms with Crippen LogP contribution >= 0.6 is 0 Å². The average molecular weight is 386 g/mol. The van der Waals surface area contributed by atoms with E-state index >= 15 is 0 Å². The molecule has 0 bridgehead atoms. The molecule has 1 unspecified atom stereocenters. The third-order valence-corrected chi connectivity index (χ3v) is 6.00. The van der Waals surface area contributed by atoms with E-state index in [0.717, 1.165) is 31.5 Å². The Balaban J connectivity index is 1.55. The summed E-state index contributed by atoms with van der Waals surface area (Å²) in [6.45, 7) is 3.00. The van der Waals surface area contributed by atoms with Gasteiger partial charge in [-0.2, -0.15) is 0 Å². The summed E-state index contributed by atoms with van der Waals surface area (Å²) in [5.74, 6) is -0.104. The number of hydrogen-bond donors (Lipinski definition) is 2. The van der Waals surface area contributed by atoms with Crippen LogP contribution < -0.4 is 10.6 Å². The van der Waals surface area contributed by atoms with Gasteiger partial charge in [-0.3, -0.25) is 9.69 Å². The summed E-state index contributed by atoms with van der Waals surface area (Å²) in [6, 6.07) is 9.45. The number of carbonyl (C=O) groups excluding carboxylic acids is 3. The number of hydrogen-bond acceptors (Lipinski definition) is 5. The zero-order valence-electron chi connectivity index (χ0n) is 15.9. The van der Waals surface area contributed by atoms with Crippen LogP contribution in [0, 0.1) is 5.92 Å². The van der Waals surface area contributed by atoms with E-state index in [9.17, 15) is 14.4 Å². The highest BCUT2D eigenvalue weighted by Crippen LogP contribution is 2.35. The minimum atomic E-state index is -0.925. The largest absolute Gasteiger partial charge is 0.448 e. The van der Waals surface area contributed by atoms with Gasteiger partial charge in [-0.15, -0.1) is 0 Å². The van der Waals surface area contributed by atoms with Gasteiger partial charge in [0.05, 0.1) is 6.54 Å². The van der Waals surface area contributed by atoms with Gasteiger partial charge in [-0.1, -0.05) is 30.3 Å². The molecule has 0 radical (unpaired) electrons. The second-order valence-corrected chi connectivity index (χ2v) is 7.65. The first kappa shape index (κ1) is 18.7. The molecule has 150 valence electrons. The van der Waals surface area contributed by atoms with Crippen LogP contribution in [0.25, 0.3) is 0 Å². The molecule has 3 aliphatic heterocycles. The van der Waals surface area contributed by atoms with E-state index < -0.39 is 5.54 Å². The number of cyclic esters (lactones) is 1. The summed E-state index contributed by atoms with van der Waals surface area (Å²) in [4.78, 5) is 40.7. The minimum Gasteiger partial charge on any atom is -0.448 e. The normalized spacial score (nSPS) is 25.9. The molecular formula is C20H26N4O4. The van der Waals surface area contributed by atoms with E-state index in [1.165, 1.54) is 9.80 Å². The number of amides is 4. The predicted molar refractivity (Wildman–Crippen MR) is 102 cm³/mol. The molecule has 4 amide bonds. The van der Waals surface area contributed by atoms with Gasteiger partial charge in [0.15, 0.2) is 0 Å². The van der Waals surface area contributed by atoms with Crippen LogP contribution in [0.3, 0.4) is 0 Å². The van der Waals surface area contributed by atoms with Crippen LogP contribution in [0.2, 0.25) is 0 Å². The Morgan fingerprint density at radius 3 is 2.50 bits per heavy atom. The van der Waals surface area contributed by atoms with Crippen LogP contribution in [0.15, 0.2) is 30.3 Å². The van der Waals surface area contributed by atoms with E-state index in [2.05, 4.69) is 10.6 Å². The zero-order valence-corrected chi connectivity index (χ0v) is 15.9. The highest BCUT2D eigenvalue weighted by molar-refractivity contribution is 6.07. The Hall–Kier alpha value is -2.61. The van der Waals surface area contributed by atoms with E-state index in [1.807, 2.05) is 30.3 Å². The Morgan fingerprint density at radius 1 is 1.07 bits per heavy atom. The maximum atomic E-state index is 13.5. The highest BCUT2D eigenvalue weighted by Gasteiger charge is 2.55. The van der Waals surface area contributed by atoms with Crippen LogP contribution in [0.1, 0.15) is 18.4 Å². The Bertz CT molecular complexity index is 750. The van der Waals surface area contributed by atoms with Crippen molar-refractivity contribution in [2.75, 3.05) is 39.3 Å². The molecule has 2 N–H and O–H groups in total. The molecule has 28 heavy (non-hydrogen) atoms. The Labute approximate surface area is 164 Å². The number of ether oxygens (including phenoxy) is 1. The average Bonchev–Trinajstić information content (AvgIpc) is 3.23. The maximum Gasteiger partial charge on any atom is 0.410 e. The summed E-state index contributed by atoms with van der Waals surface area (Å²) < 4.78 is 4.93. The first-order valence-electron chi connectivity index (χ1n) is 9.90. The van der Waals surface area contributed by atoms with Crippen LogP contribution in [-0.2, 0) is 16.0 Å². The van der Waals surface area contributed by atoms with Crippen molar-refractivity contribution >= 4 is 18.0 Å². The highest BCUT2D eigenvalue weighted by atomic mass is 16.6. The number of urea groups is 1. The molecule has 3 aliphatic rings. The molecular weight excluding hydrogens is 360 g/mol. The molecule has 0 aliphatic carbocycles. The number of imide groups is 1. The van der Waals surface area contributed by atoms with Crippen LogP contribution in [0.5, 0.6) is 0 Å². The van der Waals surface area contributed by atoms with Crippen molar-refractivity contribution in [1.29, 1.82) is 0 Å². The molecule has 0 aromatic heterocycles. The fourth-order valence-electron chi connectivity index (χ4n) is 4.47. The van der Waals surface area contributed by atoms with Crippen molar-refractivity contribution in [2.24, 2.45) is 5.92 Å². The number of nitrogens with one attached hydrogen (secondary N) is 2. The molecule has 0 spiro atoms. The summed E-state index contributed by atoms with van der Waals surface area (Å²) >= 11 is 0.